The van der Waals surface area contributed by atoms with Gasteiger partial charge in [0.15, 0.2) is 0 Å². The largest absolute Gasteiger partial charge is 0.269 e. The van der Waals surface area contributed by atoms with Crippen LogP contribution in [0.25, 0.3) is 0 Å². The van der Waals surface area contributed by atoms with E-state index in [1.54, 1.807) is 5.56 Å². The number of hydrogen-bond acceptors (Lipinski definition) is 1. The topological polar surface area (TPSA) is 17.8 Å². The molecule has 0 aromatic carbocycles. The second kappa shape index (κ2) is 3.11. The molecule has 0 spiro atoms. The van der Waals surface area contributed by atoms with E-state index < -0.39 is 0 Å². The summed E-state index contributed by atoms with van der Waals surface area (Å²) in [4.78, 5) is 0. The molecular weight excluding hydrogens is 172 g/mol. The van der Waals surface area contributed by atoms with E-state index in [-0.39, 0.29) is 0 Å². The van der Waals surface area contributed by atoms with Gasteiger partial charge in [0.1, 0.15) is 0 Å². The van der Waals surface area contributed by atoms with Crippen LogP contribution in [0, 0.1) is 0 Å². The molecule has 1 aromatic heterocycles. The summed E-state index contributed by atoms with van der Waals surface area (Å²) < 4.78 is 2.21. The first-order valence-electron chi connectivity index (χ1n) is 5.69. The lowest BCUT2D eigenvalue weighted by Crippen LogP contribution is -2.18. The Hall–Kier alpha value is -0.790. The zero-order chi connectivity index (χ0) is 10.3. The van der Waals surface area contributed by atoms with Gasteiger partial charge in [0, 0.05) is 17.7 Å². The van der Waals surface area contributed by atoms with E-state index in [1.807, 2.05) is 0 Å². The first-order valence-corrected chi connectivity index (χ1v) is 5.69. The van der Waals surface area contributed by atoms with Crippen LogP contribution in [0.15, 0.2) is 0 Å². The maximum Gasteiger partial charge on any atom is 0.0656 e. The van der Waals surface area contributed by atoms with Gasteiger partial charge in [-0.05, 0) is 31.7 Å². The van der Waals surface area contributed by atoms with E-state index in [2.05, 4.69) is 37.5 Å². The fourth-order valence-corrected chi connectivity index (χ4v) is 2.64. The van der Waals surface area contributed by atoms with E-state index in [0.29, 0.717) is 5.41 Å². The third-order valence-electron chi connectivity index (χ3n) is 3.41. The van der Waals surface area contributed by atoms with Crippen molar-refractivity contribution in [2.75, 3.05) is 0 Å². The lowest BCUT2D eigenvalue weighted by Gasteiger charge is -2.19. The number of rotatable bonds is 2. The predicted molar refractivity (Wildman–Crippen MR) is 58.6 cm³/mol. The summed E-state index contributed by atoms with van der Waals surface area (Å²) >= 11 is 0. The van der Waals surface area contributed by atoms with E-state index in [9.17, 15) is 0 Å². The van der Waals surface area contributed by atoms with Gasteiger partial charge in [-0.15, -0.1) is 0 Å². The Kier molecular flexibility index (Phi) is 2.17. The minimum absolute atomic E-state index is 0.339. The van der Waals surface area contributed by atoms with Crippen LogP contribution >= 0.6 is 0 Å². The number of aryl methyl sites for hydroxylation is 2. The van der Waals surface area contributed by atoms with Gasteiger partial charge in [-0.25, -0.2) is 0 Å². The molecule has 0 bridgehead atoms. The summed E-state index contributed by atoms with van der Waals surface area (Å²) in [5.74, 6) is 0. The molecule has 0 fully saturated rings. The Morgan fingerprint density at radius 2 is 2.07 bits per heavy atom. The van der Waals surface area contributed by atoms with Crippen molar-refractivity contribution >= 4 is 0 Å². The lowest BCUT2D eigenvalue weighted by molar-refractivity contribution is 0.459. The predicted octanol–water partition coefficient (Wildman–Crippen LogP) is 2.69. The van der Waals surface area contributed by atoms with Gasteiger partial charge in [-0.1, -0.05) is 20.8 Å². The summed E-state index contributed by atoms with van der Waals surface area (Å²) in [6, 6.07) is 0. The van der Waals surface area contributed by atoms with Crippen molar-refractivity contribution in [2.24, 2.45) is 0 Å². The molecule has 2 heteroatoms. The molecule has 0 saturated heterocycles. The zero-order valence-electron chi connectivity index (χ0n) is 9.72. The van der Waals surface area contributed by atoms with Crippen LogP contribution in [-0.4, -0.2) is 9.78 Å². The van der Waals surface area contributed by atoms with E-state index in [1.165, 1.54) is 24.2 Å². The Morgan fingerprint density at radius 3 is 2.64 bits per heavy atom. The molecule has 0 unspecified atom stereocenters. The second-order valence-electron chi connectivity index (χ2n) is 4.83. The number of aromatic nitrogens is 2. The first kappa shape index (κ1) is 9.75. The van der Waals surface area contributed by atoms with Crippen LogP contribution in [0.5, 0.6) is 0 Å². The summed E-state index contributed by atoms with van der Waals surface area (Å²) in [6.07, 6.45) is 3.59. The molecule has 1 aliphatic carbocycles. The van der Waals surface area contributed by atoms with Gasteiger partial charge in [-0.3, -0.25) is 4.68 Å². The summed E-state index contributed by atoms with van der Waals surface area (Å²) in [6.45, 7) is 10.1. The third kappa shape index (κ3) is 1.20. The van der Waals surface area contributed by atoms with Gasteiger partial charge in [0.05, 0.1) is 5.69 Å². The van der Waals surface area contributed by atoms with Gasteiger partial charge < -0.3 is 0 Å². The molecular formula is C12H20N2. The van der Waals surface area contributed by atoms with Crippen LogP contribution in [-0.2, 0) is 24.8 Å². The fraction of sp³-hybridized carbons (Fsp3) is 0.750. The maximum absolute atomic E-state index is 4.68. The van der Waals surface area contributed by atoms with Crippen molar-refractivity contribution in [3.63, 3.8) is 0 Å². The highest BCUT2D eigenvalue weighted by molar-refractivity contribution is 5.37. The molecule has 1 aromatic rings. The van der Waals surface area contributed by atoms with Crippen molar-refractivity contribution in [1.82, 2.24) is 9.78 Å². The number of fused-ring (bicyclic) bond motifs is 1. The van der Waals surface area contributed by atoms with Crippen molar-refractivity contribution in [3.8, 4) is 0 Å². The van der Waals surface area contributed by atoms with Gasteiger partial charge in [0.25, 0.3) is 0 Å². The van der Waals surface area contributed by atoms with Crippen LogP contribution in [0.2, 0.25) is 0 Å². The van der Waals surface area contributed by atoms with E-state index in [0.717, 1.165) is 13.0 Å². The smallest absolute Gasteiger partial charge is 0.0656 e. The molecule has 0 aliphatic heterocycles. The molecule has 0 atom stereocenters. The Balaban J connectivity index is 2.57. The van der Waals surface area contributed by atoms with Crippen LogP contribution in [0.4, 0.5) is 0 Å². The van der Waals surface area contributed by atoms with Gasteiger partial charge in [0.2, 0.25) is 0 Å². The van der Waals surface area contributed by atoms with Crippen molar-refractivity contribution in [1.29, 1.82) is 0 Å². The fourth-order valence-electron chi connectivity index (χ4n) is 2.64. The number of hydrogen-bond donors (Lipinski definition) is 0. The second-order valence-corrected chi connectivity index (χ2v) is 4.83. The van der Waals surface area contributed by atoms with Crippen LogP contribution in [0.3, 0.4) is 0 Å². The summed E-state index contributed by atoms with van der Waals surface area (Å²) in [5, 5.41) is 4.68. The normalized spacial score (nSPS) is 18.6. The van der Waals surface area contributed by atoms with Crippen molar-refractivity contribution in [3.05, 3.63) is 17.0 Å². The average molecular weight is 192 g/mol. The standard InChI is InChI=1S/C12H20N2/c1-5-10-9-7-8-12(3,4)11(9)14(6-2)13-10/h5-8H2,1-4H3. The first-order chi connectivity index (χ1) is 6.60. The van der Waals surface area contributed by atoms with Crippen molar-refractivity contribution < 1.29 is 0 Å². The summed E-state index contributed by atoms with van der Waals surface area (Å²) in [7, 11) is 0. The molecule has 0 radical (unpaired) electrons. The average Bonchev–Trinajstić information content (AvgIpc) is 2.65. The molecule has 0 saturated carbocycles. The summed E-state index contributed by atoms with van der Waals surface area (Å²) in [5.41, 5.74) is 4.70. The molecule has 1 heterocycles. The molecule has 14 heavy (non-hydrogen) atoms. The van der Waals surface area contributed by atoms with Crippen molar-refractivity contribution in [2.45, 2.75) is 58.9 Å². The minimum atomic E-state index is 0.339. The highest BCUT2D eigenvalue weighted by Crippen LogP contribution is 2.39. The quantitative estimate of drug-likeness (QED) is 0.704. The molecule has 1 aliphatic rings. The number of nitrogens with zero attached hydrogens (tertiary/aromatic N) is 2. The van der Waals surface area contributed by atoms with Crippen LogP contribution in [0.1, 0.15) is 51.1 Å². The van der Waals surface area contributed by atoms with E-state index >= 15 is 0 Å². The van der Waals surface area contributed by atoms with Crippen LogP contribution < -0.4 is 0 Å². The zero-order valence-corrected chi connectivity index (χ0v) is 9.72. The molecule has 2 nitrogen and oxygen atoms in total. The highest BCUT2D eigenvalue weighted by Gasteiger charge is 2.35. The maximum atomic E-state index is 4.68. The molecule has 78 valence electrons. The lowest BCUT2D eigenvalue weighted by atomic mass is 9.90. The third-order valence-corrected chi connectivity index (χ3v) is 3.41. The van der Waals surface area contributed by atoms with Gasteiger partial charge in [-0.2, -0.15) is 5.10 Å². The Labute approximate surface area is 86.3 Å². The monoisotopic (exact) mass is 192 g/mol. The molecule has 0 N–H and O–H groups in total. The Morgan fingerprint density at radius 1 is 1.36 bits per heavy atom. The minimum Gasteiger partial charge on any atom is -0.269 e. The Bertz CT molecular complexity index is 347. The molecule has 0 amide bonds. The van der Waals surface area contributed by atoms with Gasteiger partial charge >= 0.3 is 0 Å². The van der Waals surface area contributed by atoms with E-state index in [4.69, 9.17) is 0 Å². The highest BCUT2D eigenvalue weighted by atomic mass is 15.3. The molecule has 2 rings (SSSR count). The SMILES string of the molecule is CCc1nn(CC)c2c1CCC2(C)C.